The average molecular weight is 531 g/mol. The SMILES string of the molecule is C=CC[C@@]1(C)[C@@H]2CCC(=C)[C@@H](C(O)c3c(OC)oc(C)c(C)c3=O)[C@@]2(C)CC[C@H]1O[Si](CC)(CC)CC. The molecular formula is C31H50O5Si. The van der Waals surface area contributed by atoms with Gasteiger partial charge < -0.3 is 18.7 Å². The molecular weight excluding hydrogens is 480 g/mol. The van der Waals surface area contributed by atoms with Crippen LogP contribution >= 0.6 is 0 Å². The van der Waals surface area contributed by atoms with Crippen molar-refractivity contribution in [2.75, 3.05) is 7.11 Å². The fraction of sp³-hybridized carbons (Fsp3) is 0.710. The predicted octanol–water partition coefficient (Wildman–Crippen LogP) is 7.65. The van der Waals surface area contributed by atoms with E-state index in [2.05, 4.69) is 47.8 Å². The second-order valence-electron chi connectivity index (χ2n) is 12.1. The molecule has 0 aliphatic heterocycles. The van der Waals surface area contributed by atoms with Crippen molar-refractivity contribution >= 4 is 8.32 Å². The van der Waals surface area contributed by atoms with E-state index in [1.807, 2.05) is 6.08 Å². The first kappa shape index (κ1) is 29.9. The molecule has 6 atom stereocenters. The third-order valence-corrected chi connectivity index (χ3v) is 15.1. The summed E-state index contributed by atoms with van der Waals surface area (Å²) in [6, 6.07) is 3.38. The summed E-state index contributed by atoms with van der Waals surface area (Å²) >= 11 is 0. The third-order valence-electron chi connectivity index (χ3n) is 10.5. The van der Waals surface area contributed by atoms with Crippen molar-refractivity contribution in [1.82, 2.24) is 0 Å². The molecule has 6 heteroatoms. The van der Waals surface area contributed by atoms with E-state index in [0.717, 1.165) is 55.8 Å². The molecule has 37 heavy (non-hydrogen) atoms. The minimum Gasteiger partial charge on any atom is -0.468 e. The number of methoxy groups -OCH3 is 1. The van der Waals surface area contributed by atoms with E-state index < -0.39 is 14.4 Å². The zero-order valence-electron chi connectivity index (χ0n) is 24.5. The predicted molar refractivity (Wildman–Crippen MR) is 154 cm³/mol. The first-order valence-electron chi connectivity index (χ1n) is 14.2. The van der Waals surface area contributed by atoms with Crippen molar-refractivity contribution in [3.63, 3.8) is 0 Å². The fourth-order valence-corrected chi connectivity index (χ4v) is 10.9. The number of aliphatic hydroxyl groups is 1. The highest BCUT2D eigenvalue weighted by atomic mass is 28.4. The monoisotopic (exact) mass is 530 g/mol. The molecule has 0 radical (unpaired) electrons. The number of hydrogen-bond donors (Lipinski definition) is 1. The summed E-state index contributed by atoms with van der Waals surface area (Å²) in [6.07, 6.45) is 5.69. The van der Waals surface area contributed by atoms with Crippen LogP contribution in [-0.2, 0) is 4.43 Å². The van der Waals surface area contributed by atoms with Crippen LogP contribution in [-0.4, -0.2) is 26.6 Å². The second kappa shape index (κ2) is 11.2. The van der Waals surface area contributed by atoms with Gasteiger partial charge in [-0.3, -0.25) is 4.79 Å². The van der Waals surface area contributed by atoms with Crippen LogP contribution in [0.4, 0.5) is 0 Å². The van der Waals surface area contributed by atoms with E-state index in [0.29, 0.717) is 17.2 Å². The van der Waals surface area contributed by atoms with E-state index in [1.165, 1.54) is 7.11 Å². The first-order valence-corrected chi connectivity index (χ1v) is 16.7. The Balaban J connectivity index is 2.10. The minimum absolute atomic E-state index is 0.106. The summed E-state index contributed by atoms with van der Waals surface area (Å²) in [4.78, 5) is 13.4. The van der Waals surface area contributed by atoms with Gasteiger partial charge in [-0.1, -0.05) is 52.8 Å². The zero-order chi connectivity index (χ0) is 27.8. The number of fused-ring (bicyclic) bond motifs is 1. The van der Waals surface area contributed by atoms with Gasteiger partial charge in [0.1, 0.15) is 11.3 Å². The van der Waals surface area contributed by atoms with E-state index in [4.69, 9.17) is 13.6 Å². The molecule has 0 bridgehead atoms. The van der Waals surface area contributed by atoms with Crippen LogP contribution < -0.4 is 10.2 Å². The molecule has 0 aromatic carbocycles. The van der Waals surface area contributed by atoms with Crippen molar-refractivity contribution in [3.8, 4) is 5.95 Å². The summed E-state index contributed by atoms with van der Waals surface area (Å²) < 4.78 is 18.5. The summed E-state index contributed by atoms with van der Waals surface area (Å²) in [6.45, 7) is 23.6. The van der Waals surface area contributed by atoms with Crippen molar-refractivity contribution < 1.29 is 18.7 Å². The van der Waals surface area contributed by atoms with Gasteiger partial charge in [-0.2, -0.15) is 0 Å². The van der Waals surface area contributed by atoms with E-state index >= 15 is 0 Å². The Morgan fingerprint density at radius 1 is 1.19 bits per heavy atom. The molecule has 1 heterocycles. The highest BCUT2D eigenvalue weighted by Crippen LogP contribution is 2.65. The first-order chi connectivity index (χ1) is 17.4. The lowest BCUT2D eigenvalue weighted by atomic mass is 9.45. The molecule has 2 fully saturated rings. The maximum atomic E-state index is 13.4. The van der Waals surface area contributed by atoms with Gasteiger partial charge in [0.15, 0.2) is 13.7 Å². The quantitative estimate of drug-likeness (QED) is 0.248. The van der Waals surface area contributed by atoms with Gasteiger partial charge in [-0.15, -0.1) is 6.58 Å². The minimum atomic E-state index is -1.81. The second-order valence-corrected chi connectivity index (χ2v) is 16.8. The molecule has 3 rings (SSSR count). The van der Waals surface area contributed by atoms with Crippen LogP contribution in [0.2, 0.25) is 18.1 Å². The Hall–Kier alpha value is -1.63. The standard InChI is InChI=1S/C31H50O5Si/c1-11-18-30(8)23-16-15-20(5)26(28(33)25-27(32)21(6)22(7)35-29(25)34-10)31(23,9)19-17-24(30)36-37(12-2,13-3)14-4/h11,23-24,26,28,33H,1,5,12-19H2,2-4,6-10H3/t23-,24+,26-,28?,30-,31-/m0/s1. The smallest absolute Gasteiger partial charge is 0.294 e. The van der Waals surface area contributed by atoms with Crippen LogP contribution in [0.5, 0.6) is 5.95 Å². The average Bonchev–Trinajstić information content (AvgIpc) is 2.86. The normalized spacial score (nSPS) is 31.1. The Morgan fingerprint density at radius 3 is 2.35 bits per heavy atom. The lowest BCUT2D eigenvalue weighted by molar-refractivity contribution is -0.144. The molecule has 1 aromatic rings. The number of hydrogen-bond acceptors (Lipinski definition) is 5. The Bertz CT molecular complexity index is 1050. The van der Waals surface area contributed by atoms with Gasteiger partial charge in [-0.25, -0.2) is 0 Å². The van der Waals surface area contributed by atoms with Gasteiger partial charge in [0, 0.05) is 11.5 Å². The number of allylic oxidation sites excluding steroid dienone is 1. The maximum Gasteiger partial charge on any atom is 0.294 e. The summed E-state index contributed by atoms with van der Waals surface area (Å²) in [5, 5.41) is 11.9. The van der Waals surface area contributed by atoms with Crippen LogP contribution in [0.3, 0.4) is 0 Å². The molecule has 2 aliphatic carbocycles. The van der Waals surface area contributed by atoms with Gasteiger partial charge in [0.25, 0.3) is 5.95 Å². The van der Waals surface area contributed by atoms with E-state index in [1.54, 1.807) is 13.8 Å². The van der Waals surface area contributed by atoms with Crippen molar-refractivity contribution in [3.05, 3.63) is 51.9 Å². The molecule has 2 saturated carbocycles. The molecule has 0 amide bonds. The highest BCUT2D eigenvalue weighted by Gasteiger charge is 2.60. The lowest BCUT2D eigenvalue weighted by Crippen LogP contribution is -2.59. The third kappa shape index (κ3) is 4.94. The number of aryl methyl sites for hydroxylation is 1. The Kier molecular flexibility index (Phi) is 9.08. The topological polar surface area (TPSA) is 68.9 Å². The van der Waals surface area contributed by atoms with Crippen LogP contribution in [0.15, 0.2) is 34.0 Å². The highest BCUT2D eigenvalue weighted by molar-refractivity contribution is 6.73. The molecule has 0 spiro atoms. The molecule has 1 unspecified atom stereocenters. The van der Waals surface area contributed by atoms with Gasteiger partial charge >= 0.3 is 0 Å². The fourth-order valence-electron chi connectivity index (χ4n) is 7.87. The van der Waals surface area contributed by atoms with E-state index in [-0.39, 0.29) is 39.8 Å². The number of ether oxygens (including phenoxy) is 1. The zero-order valence-corrected chi connectivity index (χ0v) is 25.5. The number of rotatable bonds is 10. The summed E-state index contributed by atoms with van der Waals surface area (Å²) in [5.74, 6) is 0.634. The van der Waals surface area contributed by atoms with Gasteiger partial charge in [-0.05, 0) is 80.8 Å². The van der Waals surface area contributed by atoms with Crippen LogP contribution in [0, 0.1) is 36.5 Å². The Morgan fingerprint density at radius 2 is 1.81 bits per heavy atom. The molecule has 208 valence electrons. The number of aliphatic hydroxyl groups excluding tert-OH is 1. The molecule has 1 N–H and O–H groups in total. The molecule has 2 aliphatic rings. The maximum absolute atomic E-state index is 13.4. The van der Waals surface area contributed by atoms with Gasteiger partial charge in [0.2, 0.25) is 0 Å². The summed E-state index contributed by atoms with van der Waals surface area (Å²) in [5.41, 5.74) is 1.16. The molecule has 5 nitrogen and oxygen atoms in total. The largest absolute Gasteiger partial charge is 0.468 e. The van der Waals surface area contributed by atoms with Crippen molar-refractivity contribution in [2.24, 2.45) is 22.7 Å². The van der Waals surface area contributed by atoms with Crippen molar-refractivity contribution in [1.29, 1.82) is 0 Å². The lowest BCUT2D eigenvalue weighted by Gasteiger charge is -2.62. The molecule has 1 aromatic heterocycles. The Labute approximate surface area is 225 Å². The van der Waals surface area contributed by atoms with Crippen molar-refractivity contribution in [2.45, 2.75) is 111 Å². The van der Waals surface area contributed by atoms with E-state index in [9.17, 15) is 9.90 Å². The van der Waals surface area contributed by atoms with Crippen LogP contribution in [0.25, 0.3) is 0 Å². The molecule has 0 saturated heterocycles. The van der Waals surface area contributed by atoms with Gasteiger partial charge in [0.05, 0.1) is 19.3 Å². The van der Waals surface area contributed by atoms with Crippen LogP contribution in [0.1, 0.15) is 89.7 Å². The summed E-state index contributed by atoms with van der Waals surface area (Å²) in [7, 11) is -0.327.